The van der Waals surface area contributed by atoms with Crippen molar-refractivity contribution in [2.75, 3.05) is 32.7 Å². The van der Waals surface area contributed by atoms with Crippen LogP contribution in [0.2, 0.25) is 78.6 Å². The van der Waals surface area contributed by atoms with Crippen molar-refractivity contribution in [3.8, 4) is 0 Å². The Balaban J connectivity index is 0.000000765. The fourth-order valence-corrected chi connectivity index (χ4v) is 8.42. The third kappa shape index (κ3) is 23.3. The summed E-state index contributed by atoms with van der Waals surface area (Å²) in [6.07, 6.45) is 15.4. The molecule has 0 bridgehead atoms. The summed E-state index contributed by atoms with van der Waals surface area (Å²) < 4.78 is 0. The summed E-state index contributed by atoms with van der Waals surface area (Å²) in [4.78, 5) is 22.4. The first kappa shape index (κ1) is 40.8. The van der Waals surface area contributed by atoms with E-state index in [0.29, 0.717) is 6.17 Å². The van der Waals surface area contributed by atoms with E-state index in [1.165, 1.54) is 32.1 Å². The van der Waals surface area contributed by atoms with Crippen molar-refractivity contribution >= 4 is 32.9 Å². The van der Waals surface area contributed by atoms with Gasteiger partial charge in [0.1, 0.15) is 0 Å². The minimum Gasteiger partial charge on any atom is -0.684 e. The summed E-state index contributed by atoms with van der Waals surface area (Å²) in [6.45, 7) is 32.7. The third-order valence-electron chi connectivity index (χ3n) is 6.37. The van der Waals surface area contributed by atoms with Gasteiger partial charge in [0.25, 0.3) is 0 Å². The van der Waals surface area contributed by atoms with E-state index in [2.05, 4.69) is 101 Å². The second kappa shape index (κ2) is 19.3. The fourth-order valence-electron chi connectivity index (χ4n) is 4.64. The molecule has 2 rings (SSSR count). The first-order chi connectivity index (χ1) is 17.8. The van der Waals surface area contributed by atoms with E-state index < -0.39 is 32.9 Å². The van der Waals surface area contributed by atoms with Crippen LogP contribution in [-0.4, -0.2) is 82.8 Å². The molecule has 0 spiro atoms. The Kier molecular flexibility index (Phi) is 19.7. The first-order valence-corrected chi connectivity index (χ1v) is 29.2. The van der Waals surface area contributed by atoms with Crippen LogP contribution in [-0.2, 0) is 25.8 Å². The Morgan fingerprint density at radius 1 is 0.700 bits per heavy atom. The number of hydrogen-bond acceptors (Lipinski definition) is 1. The maximum absolute atomic E-state index is 5.12. The van der Waals surface area contributed by atoms with Crippen molar-refractivity contribution in [3.63, 3.8) is 0 Å². The van der Waals surface area contributed by atoms with Gasteiger partial charge >= 0.3 is 0 Å². The maximum Gasteiger partial charge on any atom is 0 e. The van der Waals surface area contributed by atoms with Crippen molar-refractivity contribution in [1.82, 2.24) is 4.90 Å². The summed E-state index contributed by atoms with van der Waals surface area (Å²) in [5, 5.41) is 4.53. The SMILES string of the molecule is C[Si](C)(C)[N-]C([N-][Si](C)(C)C)C1CCCCC1.C[Si](C)(C)[N-]CCN(CC[N-][Si](C)(C)C)CC1C=CC=C[N-]1.[Sc]. The van der Waals surface area contributed by atoms with Crippen LogP contribution < -0.4 is 0 Å². The molecule has 1 radical (unpaired) electrons. The zero-order valence-corrected chi connectivity index (χ0v) is 34.2. The van der Waals surface area contributed by atoms with E-state index in [-0.39, 0.29) is 31.9 Å². The Labute approximate surface area is 273 Å². The van der Waals surface area contributed by atoms with Crippen molar-refractivity contribution in [3.05, 3.63) is 49.7 Å². The van der Waals surface area contributed by atoms with Crippen LogP contribution in [0.25, 0.3) is 25.2 Å². The van der Waals surface area contributed by atoms with E-state index in [0.717, 1.165) is 38.6 Å². The quantitative estimate of drug-likeness (QED) is 0.162. The molecule has 11 heteroatoms. The van der Waals surface area contributed by atoms with E-state index in [1.54, 1.807) is 0 Å². The molecule has 1 heterocycles. The zero-order valence-electron chi connectivity index (χ0n) is 28.4. The first-order valence-electron chi connectivity index (χ1n) is 15.4. The molecule has 0 saturated heterocycles. The van der Waals surface area contributed by atoms with Gasteiger partial charge in [-0.1, -0.05) is 174 Å². The topological polar surface area (TPSA) is 73.7 Å². The second-order valence-corrected chi connectivity index (χ2v) is 33.8. The van der Waals surface area contributed by atoms with E-state index in [9.17, 15) is 0 Å². The van der Waals surface area contributed by atoms with E-state index in [1.807, 2.05) is 12.3 Å². The van der Waals surface area contributed by atoms with Gasteiger partial charge in [-0.15, -0.1) is 13.1 Å². The number of allylic oxidation sites excluding steroid dienone is 2. The van der Waals surface area contributed by atoms with Crippen molar-refractivity contribution in [2.24, 2.45) is 5.92 Å². The van der Waals surface area contributed by atoms with Crippen LogP contribution in [0.4, 0.5) is 0 Å². The molecule has 1 aliphatic carbocycles. The molecule has 0 amide bonds. The largest absolute Gasteiger partial charge is 0.684 e. The predicted molar refractivity (Wildman–Crippen MR) is 189 cm³/mol. The van der Waals surface area contributed by atoms with Gasteiger partial charge in [0.15, 0.2) is 0 Å². The smallest absolute Gasteiger partial charge is 0 e. The third-order valence-corrected chi connectivity index (χ3v) is 10.8. The fraction of sp³-hybridized carbons (Fsp3) is 0.862. The summed E-state index contributed by atoms with van der Waals surface area (Å²) in [5.74, 6) is 0.752. The van der Waals surface area contributed by atoms with Gasteiger partial charge in [-0.3, -0.25) is 0 Å². The van der Waals surface area contributed by atoms with Crippen molar-refractivity contribution < 1.29 is 25.8 Å². The Morgan fingerprint density at radius 2 is 1.18 bits per heavy atom. The molecule has 0 aromatic rings. The maximum atomic E-state index is 5.12. The minimum absolute atomic E-state index is 0. The average molecular weight is 653 g/mol. The predicted octanol–water partition coefficient (Wildman–Crippen LogP) is 9.84. The summed E-state index contributed by atoms with van der Waals surface area (Å²) in [5.41, 5.74) is 0. The van der Waals surface area contributed by atoms with Crippen LogP contribution in [0.3, 0.4) is 0 Å². The van der Waals surface area contributed by atoms with Gasteiger partial charge in [0.2, 0.25) is 0 Å². The molecule has 6 nitrogen and oxygen atoms in total. The Hall–Kier alpha value is 0.818. The van der Waals surface area contributed by atoms with Crippen molar-refractivity contribution in [2.45, 2.75) is 123 Å². The molecule has 1 fully saturated rings. The van der Waals surface area contributed by atoms with E-state index >= 15 is 0 Å². The second-order valence-electron chi connectivity index (χ2n) is 15.3. The minimum atomic E-state index is -1.35. The number of hydrogen-bond donors (Lipinski definition) is 0. The van der Waals surface area contributed by atoms with Crippen molar-refractivity contribution in [1.29, 1.82) is 0 Å². The van der Waals surface area contributed by atoms with Crippen LogP contribution in [0, 0.1) is 5.92 Å². The molecule has 2 aliphatic rings. The Bertz CT molecular complexity index is 684. The molecule has 1 unspecified atom stereocenters. The van der Waals surface area contributed by atoms with Crippen LogP contribution in [0.15, 0.2) is 24.4 Å². The van der Waals surface area contributed by atoms with Crippen LogP contribution in [0.1, 0.15) is 32.1 Å². The van der Waals surface area contributed by atoms with Crippen LogP contribution in [0.5, 0.6) is 0 Å². The van der Waals surface area contributed by atoms with E-state index in [4.69, 9.17) is 19.9 Å². The summed E-state index contributed by atoms with van der Waals surface area (Å²) in [7, 11) is -5.31. The zero-order chi connectivity index (χ0) is 29.7. The molecule has 40 heavy (non-hydrogen) atoms. The molecule has 233 valence electrons. The molecule has 0 aromatic carbocycles. The van der Waals surface area contributed by atoms with Gasteiger partial charge in [-0.05, 0) is 19.6 Å². The van der Waals surface area contributed by atoms with Gasteiger partial charge in [-0.25, -0.2) is 6.17 Å². The average Bonchev–Trinajstić information content (AvgIpc) is 2.77. The van der Waals surface area contributed by atoms with Gasteiger partial charge in [0.05, 0.1) is 0 Å². The standard InChI is InChI=1S/C16H33N4Si2.C13H30N2Si2.Sc/c1-21(2,3)18-11-13-20(14-12-19-22(4,5)6)15-16-9-7-8-10-17-16;1-16(2,3)14-13(15-17(4,5)6)12-10-8-7-9-11-12;/h7-10,16H,11-15H2,1-6H3;12-13H,7-11H2,1-6H3;/q-3;-2;. The van der Waals surface area contributed by atoms with Gasteiger partial charge in [-0.2, -0.15) is 6.20 Å². The molecule has 1 saturated carbocycles. The molecule has 1 aliphatic heterocycles. The molecule has 0 aromatic heterocycles. The summed E-state index contributed by atoms with van der Waals surface area (Å²) in [6, 6.07) is 0.281. The number of nitrogens with zero attached hydrogens (tertiary/aromatic N) is 6. The Morgan fingerprint density at radius 3 is 1.55 bits per heavy atom. The van der Waals surface area contributed by atoms with Gasteiger partial charge < -0.3 is 30.1 Å². The summed E-state index contributed by atoms with van der Waals surface area (Å²) >= 11 is 0. The monoisotopic (exact) mass is 652 g/mol. The number of rotatable bonds is 15. The molecule has 1 atom stereocenters. The molecule has 0 N–H and O–H groups in total. The van der Waals surface area contributed by atoms with Gasteiger partial charge in [0, 0.05) is 25.8 Å². The van der Waals surface area contributed by atoms with Crippen LogP contribution >= 0.6 is 0 Å². The molecular formula is C29H63N6ScSi4-5. The molecular weight excluding hydrogens is 590 g/mol. The normalized spacial score (nSPS) is 18.8.